The second-order valence-electron chi connectivity index (χ2n) is 3.98. The largest absolute Gasteiger partial charge is 0.346 e. The zero-order valence-electron chi connectivity index (χ0n) is 9.30. The molecular weight excluding hydrogens is 158 g/mol. The fraction of sp³-hybridized carbons (Fsp3) is 0.667. The summed E-state index contributed by atoms with van der Waals surface area (Å²) in [5, 5.41) is 0. The Labute approximate surface area is 81.8 Å². The van der Waals surface area contributed by atoms with Crippen LogP contribution in [0, 0.1) is 13.8 Å². The van der Waals surface area contributed by atoms with E-state index < -0.39 is 0 Å². The van der Waals surface area contributed by atoms with E-state index in [1.54, 1.807) is 0 Å². The van der Waals surface area contributed by atoms with E-state index >= 15 is 0 Å². The maximum absolute atomic E-state index is 2.44. The van der Waals surface area contributed by atoms with Crippen LogP contribution in [-0.4, -0.2) is 4.57 Å². The Morgan fingerprint density at radius 2 is 1.77 bits per heavy atom. The molecule has 1 rings (SSSR count). The topological polar surface area (TPSA) is 4.93 Å². The van der Waals surface area contributed by atoms with Crippen molar-refractivity contribution in [2.75, 3.05) is 0 Å². The number of rotatable bonds is 4. The Morgan fingerprint density at radius 1 is 1.23 bits per heavy atom. The van der Waals surface area contributed by atoms with Gasteiger partial charge in [-0.15, -0.1) is 0 Å². The maximum Gasteiger partial charge on any atom is 0.0307 e. The van der Waals surface area contributed by atoms with E-state index in [0.717, 1.165) is 0 Å². The molecule has 1 atom stereocenters. The molecule has 1 aromatic rings. The van der Waals surface area contributed by atoms with E-state index in [1.807, 2.05) is 0 Å². The minimum Gasteiger partial charge on any atom is -0.346 e. The molecule has 0 amide bonds. The van der Waals surface area contributed by atoms with Gasteiger partial charge in [0, 0.05) is 17.4 Å². The third-order valence-electron chi connectivity index (χ3n) is 2.74. The van der Waals surface area contributed by atoms with Gasteiger partial charge in [-0.05, 0) is 39.3 Å². The Balaban J connectivity index is 2.69. The molecule has 0 bridgehead atoms. The number of hydrogen-bond acceptors (Lipinski definition) is 0. The SMILES string of the molecule is CCCCC(C)n1c(C)ccc1C. The molecule has 0 aliphatic heterocycles. The molecule has 1 unspecified atom stereocenters. The van der Waals surface area contributed by atoms with Crippen LogP contribution in [0.1, 0.15) is 50.5 Å². The van der Waals surface area contributed by atoms with Crippen molar-refractivity contribution in [3.63, 3.8) is 0 Å². The second-order valence-corrected chi connectivity index (χ2v) is 3.98. The Morgan fingerprint density at radius 3 is 2.23 bits per heavy atom. The van der Waals surface area contributed by atoms with Gasteiger partial charge in [-0.1, -0.05) is 19.8 Å². The summed E-state index contributed by atoms with van der Waals surface area (Å²) >= 11 is 0. The van der Waals surface area contributed by atoms with Crippen molar-refractivity contribution >= 4 is 0 Å². The van der Waals surface area contributed by atoms with Gasteiger partial charge in [0.05, 0.1) is 0 Å². The number of aromatic nitrogens is 1. The van der Waals surface area contributed by atoms with Gasteiger partial charge < -0.3 is 4.57 Å². The highest BCUT2D eigenvalue weighted by atomic mass is 15.0. The Hall–Kier alpha value is -0.720. The first-order valence-electron chi connectivity index (χ1n) is 5.31. The number of hydrogen-bond donors (Lipinski definition) is 0. The van der Waals surface area contributed by atoms with Gasteiger partial charge in [-0.25, -0.2) is 0 Å². The van der Waals surface area contributed by atoms with Gasteiger partial charge in [-0.3, -0.25) is 0 Å². The number of unbranched alkanes of at least 4 members (excludes halogenated alkanes) is 1. The molecule has 0 N–H and O–H groups in total. The first kappa shape index (κ1) is 10.4. The second kappa shape index (κ2) is 4.50. The maximum atomic E-state index is 2.44. The van der Waals surface area contributed by atoms with E-state index in [9.17, 15) is 0 Å². The molecule has 0 fully saturated rings. The van der Waals surface area contributed by atoms with Crippen molar-refractivity contribution in [1.29, 1.82) is 0 Å². The monoisotopic (exact) mass is 179 g/mol. The van der Waals surface area contributed by atoms with Crippen LogP contribution in [0.2, 0.25) is 0 Å². The normalized spacial score (nSPS) is 13.2. The lowest BCUT2D eigenvalue weighted by Crippen LogP contribution is -2.08. The third-order valence-corrected chi connectivity index (χ3v) is 2.74. The molecule has 0 aliphatic rings. The van der Waals surface area contributed by atoms with E-state index in [4.69, 9.17) is 0 Å². The molecule has 0 aliphatic carbocycles. The summed E-state index contributed by atoms with van der Waals surface area (Å²) in [7, 11) is 0. The molecule has 1 aromatic heterocycles. The summed E-state index contributed by atoms with van der Waals surface area (Å²) in [5.74, 6) is 0. The molecule has 1 nitrogen and oxygen atoms in total. The summed E-state index contributed by atoms with van der Waals surface area (Å²) in [6.07, 6.45) is 3.93. The average Bonchev–Trinajstić information content (AvgIpc) is 2.42. The Kier molecular flexibility index (Phi) is 3.58. The molecule has 1 heteroatoms. The fourth-order valence-corrected chi connectivity index (χ4v) is 2.00. The van der Waals surface area contributed by atoms with Crippen molar-refractivity contribution < 1.29 is 0 Å². The summed E-state index contributed by atoms with van der Waals surface area (Å²) < 4.78 is 2.44. The summed E-state index contributed by atoms with van der Waals surface area (Å²) in [5.41, 5.74) is 2.78. The van der Waals surface area contributed by atoms with Crippen LogP contribution in [0.15, 0.2) is 12.1 Å². The molecule has 0 aromatic carbocycles. The van der Waals surface area contributed by atoms with Gasteiger partial charge in [0.2, 0.25) is 0 Å². The first-order chi connectivity index (χ1) is 6.16. The summed E-state index contributed by atoms with van der Waals surface area (Å²) in [6.45, 7) is 8.95. The van der Waals surface area contributed by atoms with Crippen LogP contribution in [0.3, 0.4) is 0 Å². The zero-order valence-corrected chi connectivity index (χ0v) is 9.30. The highest BCUT2D eigenvalue weighted by Gasteiger charge is 2.07. The average molecular weight is 179 g/mol. The molecule has 1 heterocycles. The molecule has 13 heavy (non-hydrogen) atoms. The van der Waals surface area contributed by atoms with E-state index in [2.05, 4.69) is 44.4 Å². The quantitative estimate of drug-likeness (QED) is 0.661. The van der Waals surface area contributed by atoms with Crippen LogP contribution >= 0.6 is 0 Å². The van der Waals surface area contributed by atoms with Gasteiger partial charge >= 0.3 is 0 Å². The smallest absolute Gasteiger partial charge is 0.0307 e. The standard InChI is InChI=1S/C12H21N/c1-5-6-7-10(2)13-11(3)8-9-12(13)4/h8-10H,5-7H2,1-4H3. The third kappa shape index (κ3) is 2.36. The van der Waals surface area contributed by atoms with Gasteiger partial charge in [0.25, 0.3) is 0 Å². The fourth-order valence-electron chi connectivity index (χ4n) is 2.00. The predicted molar refractivity (Wildman–Crippen MR) is 58.1 cm³/mol. The number of aryl methyl sites for hydroxylation is 2. The molecule has 0 spiro atoms. The highest BCUT2D eigenvalue weighted by Crippen LogP contribution is 2.19. The summed E-state index contributed by atoms with van der Waals surface area (Å²) in [6, 6.07) is 5.07. The lowest BCUT2D eigenvalue weighted by molar-refractivity contribution is 0.471. The predicted octanol–water partition coefficient (Wildman–Crippen LogP) is 3.86. The van der Waals surface area contributed by atoms with E-state index in [-0.39, 0.29) is 0 Å². The van der Waals surface area contributed by atoms with Gasteiger partial charge in [-0.2, -0.15) is 0 Å². The molecule has 0 saturated carbocycles. The van der Waals surface area contributed by atoms with Crippen LogP contribution in [0.4, 0.5) is 0 Å². The minimum absolute atomic E-state index is 0.662. The lowest BCUT2D eigenvalue weighted by Gasteiger charge is -2.17. The van der Waals surface area contributed by atoms with Gasteiger partial charge in [0.15, 0.2) is 0 Å². The van der Waals surface area contributed by atoms with E-state index in [0.29, 0.717) is 6.04 Å². The van der Waals surface area contributed by atoms with E-state index in [1.165, 1.54) is 30.7 Å². The van der Waals surface area contributed by atoms with Crippen LogP contribution in [0.25, 0.3) is 0 Å². The lowest BCUT2D eigenvalue weighted by atomic mass is 10.1. The van der Waals surface area contributed by atoms with Crippen molar-refractivity contribution in [2.24, 2.45) is 0 Å². The minimum atomic E-state index is 0.662. The highest BCUT2D eigenvalue weighted by molar-refractivity contribution is 5.14. The molecule has 0 radical (unpaired) electrons. The van der Waals surface area contributed by atoms with Crippen molar-refractivity contribution in [3.8, 4) is 0 Å². The summed E-state index contributed by atoms with van der Waals surface area (Å²) in [4.78, 5) is 0. The van der Waals surface area contributed by atoms with Crippen LogP contribution in [-0.2, 0) is 0 Å². The van der Waals surface area contributed by atoms with Crippen LogP contribution in [0.5, 0.6) is 0 Å². The zero-order chi connectivity index (χ0) is 9.84. The van der Waals surface area contributed by atoms with Crippen molar-refractivity contribution in [2.45, 2.75) is 53.0 Å². The molecule has 74 valence electrons. The Bertz CT molecular complexity index is 241. The molecule has 0 saturated heterocycles. The van der Waals surface area contributed by atoms with Gasteiger partial charge in [0.1, 0.15) is 0 Å². The molecular formula is C12H21N. The van der Waals surface area contributed by atoms with Crippen molar-refractivity contribution in [1.82, 2.24) is 4.57 Å². The van der Waals surface area contributed by atoms with Crippen LogP contribution < -0.4 is 0 Å². The van der Waals surface area contributed by atoms with Crippen molar-refractivity contribution in [3.05, 3.63) is 23.5 Å². The number of nitrogens with zero attached hydrogens (tertiary/aromatic N) is 1. The first-order valence-corrected chi connectivity index (χ1v) is 5.31.